The second-order valence-corrected chi connectivity index (χ2v) is 6.55. The third-order valence-electron chi connectivity index (χ3n) is 3.53. The molecule has 0 N–H and O–H groups in total. The average Bonchev–Trinajstić information content (AvgIpc) is 2.37. The molecule has 1 rings (SSSR count). The SMILES string of the molecule is CCC(C)N(CC)C(=O)c1cc(Cl)nc(C(C)(C)C)c1. The van der Waals surface area contributed by atoms with E-state index in [0.29, 0.717) is 17.3 Å². The Labute approximate surface area is 127 Å². The summed E-state index contributed by atoms with van der Waals surface area (Å²) in [7, 11) is 0. The molecule has 1 aromatic heterocycles. The van der Waals surface area contributed by atoms with Crippen molar-refractivity contribution in [2.75, 3.05) is 6.54 Å². The molecule has 0 saturated carbocycles. The number of hydrogen-bond donors (Lipinski definition) is 0. The van der Waals surface area contributed by atoms with Crippen LogP contribution < -0.4 is 0 Å². The van der Waals surface area contributed by atoms with Crippen LogP contribution in [0.5, 0.6) is 0 Å². The highest BCUT2D eigenvalue weighted by Gasteiger charge is 2.23. The molecule has 3 nitrogen and oxygen atoms in total. The zero-order valence-electron chi connectivity index (χ0n) is 13.3. The highest BCUT2D eigenvalue weighted by molar-refractivity contribution is 6.29. The molecule has 0 aliphatic heterocycles. The van der Waals surface area contributed by atoms with Crippen molar-refractivity contribution in [3.8, 4) is 0 Å². The summed E-state index contributed by atoms with van der Waals surface area (Å²) in [5, 5.41) is 0.376. The molecule has 4 heteroatoms. The van der Waals surface area contributed by atoms with E-state index in [1.165, 1.54) is 0 Å². The van der Waals surface area contributed by atoms with Crippen LogP contribution >= 0.6 is 11.6 Å². The van der Waals surface area contributed by atoms with E-state index in [4.69, 9.17) is 11.6 Å². The van der Waals surface area contributed by atoms with E-state index >= 15 is 0 Å². The molecule has 0 fully saturated rings. The van der Waals surface area contributed by atoms with Crippen molar-refractivity contribution in [2.24, 2.45) is 0 Å². The Morgan fingerprint density at radius 3 is 2.40 bits per heavy atom. The van der Waals surface area contributed by atoms with E-state index in [0.717, 1.165) is 12.1 Å². The minimum absolute atomic E-state index is 0.0247. The molecule has 1 unspecified atom stereocenters. The monoisotopic (exact) mass is 296 g/mol. The van der Waals surface area contributed by atoms with Gasteiger partial charge in [-0.3, -0.25) is 4.79 Å². The van der Waals surface area contributed by atoms with Gasteiger partial charge in [0.25, 0.3) is 5.91 Å². The Balaban J connectivity index is 3.19. The molecule has 0 aliphatic carbocycles. The molecule has 0 spiro atoms. The van der Waals surface area contributed by atoms with Crippen molar-refractivity contribution in [2.45, 2.75) is 59.4 Å². The smallest absolute Gasteiger partial charge is 0.254 e. The highest BCUT2D eigenvalue weighted by atomic mass is 35.5. The molecule has 0 aliphatic rings. The Morgan fingerprint density at radius 1 is 1.35 bits per heavy atom. The molecule has 0 bridgehead atoms. The first-order valence-corrected chi connectivity index (χ1v) is 7.57. The van der Waals surface area contributed by atoms with Crippen LogP contribution in [0.15, 0.2) is 12.1 Å². The normalized spacial score (nSPS) is 13.2. The van der Waals surface area contributed by atoms with E-state index in [2.05, 4.69) is 39.6 Å². The van der Waals surface area contributed by atoms with Crippen LogP contribution in [0.25, 0.3) is 0 Å². The summed E-state index contributed by atoms with van der Waals surface area (Å²) in [4.78, 5) is 18.9. The van der Waals surface area contributed by atoms with E-state index < -0.39 is 0 Å². The largest absolute Gasteiger partial charge is 0.336 e. The third-order valence-corrected chi connectivity index (χ3v) is 3.73. The molecule has 1 atom stereocenters. The lowest BCUT2D eigenvalue weighted by atomic mass is 9.90. The van der Waals surface area contributed by atoms with Gasteiger partial charge in [-0.1, -0.05) is 39.3 Å². The predicted octanol–water partition coefficient (Wildman–Crippen LogP) is 4.29. The maximum atomic E-state index is 12.6. The molecule has 0 aromatic carbocycles. The molecule has 112 valence electrons. The number of nitrogens with zero attached hydrogens (tertiary/aromatic N) is 2. The first-order chi connectivity index (χ1) is 9.20. The van der Waals surface area contributed by atoms with Crippen molar-refractivity contribution in [1.29, 1.82) is 0 Å². The molecular formula is C16H25ClN2O. The number of carbonyl (C=O) groups is 1. The van der Waals surface area contributed by atoms with Crippen LogP contribution in [0.1, 0.15) is 64.0 Å². The first kappa shape index (κ1) is 17.0. The lowest BCUT2D eigenvalue weighted by molar-refractivity contribution is 0.0699. The predicted molar refractivity (Wildman–Crippen MR) is 84.4 cm³/mol. The number of pyridine rings is 1. The first-order valence-electron chi connectivity index (χ1n) is 7.19. The lowest BCUT2D eigenvalue weighted by Crippen LogP contribution is -2.38. The maximum Gasteiger partial charge on any atom is 0.254 e. The van der Waals surface area contributed by atoms with Crippen molar-refractivity contribution in [3.05, 3.63) is 28.5 Å². The van der Waals surface area contributed by atoms with Gasteiger partial charge in [0.2, 0.25) is 0 Å². The molecule has 1 heterocycles. The van der Waals surface area contributed by atoms with Crippen LogP contribution in [0.3, 0.4) is 0 Å². The van der Waals surface area contributed by atoms with Crippen molar-refractivity contribution in [1.82, 2.24) is 9.88 Å². The molecule has 20 heavy (non-hydrogen) atoms. The number of amides is 1. The maximum absolute atomic E-state index is 12.6. The van der Waals surface area contributed by atoms with Gasteiger partial charge in [-0.2, -0.15) is 0 Å². The minimum atomic E-state index is -0.132. The Kier molecular flexibility index (Phi) is 5.58. The summed E-state index contributed by atoms with van der Waals surface area (Å²) in [5.41, 5.74) is 1.33. The fourth-order valence-electron chi connectivity index (χ4n) is 2.05. The van der Waals surface area contributed by atoms with Crippen molar-refractivity contribution >= 4 is 17.5 Å². The number of carbonyl (C=O) groups excluding carboxylic acids is 1. The number of halogens is 1. The molecule has 1 amide bonds. The number of aromatic nitrogens is 1. The number of hydrogen-bond acceptors (Lipinski definition) is 2. The van der Waals surface area contributed by atoms with Gasteiger partial charge >= 0.3 is 0 Å². The van der Waals surface area contributed by atoms with Crippen molar-refractivity contribution in [3.63, 3.8) is 0 Å². The summed E-state index contributed by atoms with van der Waals surface area (Å²) in [6, 6.07) is 3.74. The van der Waals surface area contributed by atoms with Gasteiger partial charge in [0.05, 0.1) is 0 Å². The van der Waals surface area contributed by atoms with E-state index in [9.17, 15) is 4.79 Å². The van der Waals surface area contributed by atoms with Gasteiger partial charge in [-0.25, -0.2) is 4.98 Å². The van der Waals surface area contributed by atoms with Gasteiger partial charge in [0, 0.05) is 29.3 Å². The molecular weight excluding hydrogens is 272 g/mol. The van der Waals surface area contributed by atoms with Gasteiger partial charge < -0.3 is 4.90 Å². The van der Waals surface area contributed by atoms with E-state index in [1.54, 1.807) is 6.07 Å². The minimum Gasteiger partial charge on any atom is -0.336 e. The van der Waals surface area contributed by atoms with Crippen molar-refractivity contribution < 1.29 is 4.79 Å². The summed E-state index contributed by atoms with van der Waals surface area (Å²) in [6.07, 6.45) is 0.935. The van der Waals surface area contributed by atoms with Crippen LogP contribution in [0.4, 0.5) is 0 Å². The van der Waals surface area contributed by atoms with E-state index in [-0.39, 0.29) is 17.4 Å². The zero-order valence-corrected chi connectivity index (χ0v) is 14.1. The van der Waals surface area contributed by atoms with Gasteiger partial charge in [-0.05, 0) is 32.4 Å². The van der Waals surface area contributed by atoms with Crippen LogP contribution in [0, 0.1) is 0 Å². The third kappa shape index (κ3) is 3.95. The summed E-state index contributed by atoms with van der Waals surface area (Å²) in [6.45, 7) is 13.0. The van der Waals surface area contributed by atoms with Crippen LogP contribution in [-0.4, -0.2) is 28.4 Å². The molecule has 0 saturated heterocycles. The standard InChI is InChI=1S/C16H25ClN2O/c1-7-11(3)19(8-2)15(20)12-9-13(16(4,5)6)18-14(17)10-12/h9-11H,7-8H2,1-6H3. The Morgan fingerprint density at radius 2 is 1.95 bits per heavy atom. The van der Waals surface area contributed by atoms with Crippen LogP contribution in [-0.2, 0) is 5.41 Å². The van der Waals surface area contributed by atoms with Gasteiger partial charge in [0.1, 0.15) is 5.15 Å². The lowest BCUT2D eigenvalue weighted by Gasteiger charge is -2.28. The molecule has 1 aromatic rings. The van der Waals surface area contributed by atoms with Gasteiger partial charge in [0.15, 0.2) is 0 Å². The zero-order chi connectivity index (χ0) is 15.5. The fourth-order valence-corrected chi connectivity index (χ4v) is 2.25. The summed E-state index contributed by atoms with van der Waals surface area (Å²) < 4.78 is 0. The number of rotatable bonds is 4. The second-order valence-electron chi connectivity index (χ2n) is 6.16. The Bertz CT molecular complexity index is 480. The fraction of sp³-hybridized carbons (Fsp3) is 0.625. The topological polar surface area (TPSA) is 33.2 Å². The highest BCUT2D eigenvalue weighted by Crippen LogP contribution is 2.24. The second kappa shape index (κ2) is 6.57. The molecule has 0 radical (unpaired) electrons. The quantitative estimate of drug-likeness (QED) is 0.776. The van der Waals surface area contributed by atoms with Gasteiger partial charge in [-0.15, -0.1) is 0 Å². The summed E-state index contributed by atoms with van der Waals surface area (Å²) >= 11 is 6.08. The Hall–Kier alpha value is -1.09. The summed E-state index contributed by atoms with van der Waals surface area (Å²) in [5.74, 6) is 0.0247. The van der Waals surface area contributed by atoms with E-state index in [1.807, 2.05) is 17.9 Å². The van der Waals surface area contributed by atoms with Crippen LogP contribution in [0.2, 0.25) is 5.15 Å². The average molecular weight is 297 g/mol.